The molecule has 1 rings (SSSR count). The lowest BCUT2D eigenvalue weighted by Gasteiger charge is -2.18. The summed E-state index contributed by atoms with van der Waals surface area (Å²) in [7, 11) is 1.42. The Bertz CT molecular complexity index is 489. The fourth-order valence-electron chi connectivity index (χ4n) is 2.33. The maximum absolute atomic E-state index is 11.1. The molecule has 1 unspecified atom stereocenters. The first-order valence-electron chi connectivity index (χ1n) is 8.81. The summed E-state index contributed by atoms with van der Waals surface area (Å²) in [6.07, 6.45) is 4.25. The van der Waals surface area contributed by atoms with Crippen molar-refractivity contribution in [2.24, 2.45) is 4.99 Å². The summed E-state index contributed by atoms with van der Waals surface area (Å²) < 4.78 is 4.63. The monoisotopic (exact) mass is 333 g/mol. The molecule has 0 bridgehead atoms. The molecule has 0 aromatic heterocycles. The highest BCUT2D eigenvalue weighted by Crippen LogP contribution is 2.04. The molecular weight excluding hydrogens is 302 g/mol. The minimum atomic E-state index is -0.154. The zero-order valence-electron chi connectivity index (χ0n) is 15.2. The molecule has 0 fully saturated rings. The van der Waals surface area contributed by atoms with Crippen molar-refractivity contribution in [3.63, 3.8) is 0 Å². The normalized spacial score (nSPS) is 12.5. The zero-order chi connectivity index (χ0) is 17.6. The Morgan fingerprint density at radius 1 is 1.25 bits per heavy atom. The minimum Gasteiger partial charge on any atom is -0.469 e. The van der Waals surface area contributed by atoms with Gasteiger partial charge in [-0.25, -0.2) is 0 Å². The Balaban J connectivity index is 2.32. The average Bonchev–Trinajstić information content (AvgIpc) is 2.60. The molecule has 0 aliphatic carbocycles. The number of hydrogen-bond donors (Lipinski definition) is 2. The van der Waals surface area contributed by atoms with E-state index in [1.54, 1.807) is 0 Å². The number of nitrogens with zero attached hydrogens (tertiary/aromatic N) is 1. The Morgan fingerprint density at radius 2 is 2.00 bits per heavy atom. The van der Waals surface area contributed by atoms with Crippen molar-refractivity contribution >= 4 is 11.9 Å². The van der Waals surface area contributed by atoms with E-state index < -0.39 is 0 Å². The van der Waals surface area contributed by atoms with E-state index in [4.69, 9.17) is 0 Å². The third-order valence-corrected chi connectivity index (χ3v) is 3.72. The Hall–Kier alpha value is -2.04. The summed E-state index contributed by atoms with van der Waals surface area (Å²) >= 11 is 0. The van der Waals surface area contributed by atoms with E-state index in [1.165, 1.54) is 12.7 Å². The largest absolute Gasteiger partial charge is 0.469 e. The van der Waals surface area contributed by atoms with Gasteiger partial charge in [-0.1, -0.05) is 30.3 Å². The lowest BCUT2D eigenvalue weighted by molar-refractivity contribution is -0.140. The van der Waals surface area contributed by atoms with Gasteiger partial charge in [0.1, 0.15) is 0 Å². The summed E-state index contributed by atoms with van der Waals surface area (Å²) in [5.74, 6) is 0.690. The summed E-state index contributed by atoms with van der Waals surface area (Å²) in [6.45, 7) is 5.77. The molecule has 0 saturated heterocycles. The van der Waals surface area contributed by atoms with Gasteiger partial charge in [0.05, 0.1) is 7.11 Å². The van der Waals surface area contributed by atoms with Gasteiger partial charge < -0.3 is 15.4 Å². The van der Waals surface area contributed by atoms with Crippen molar-refractivity contribution in [3.05, 3.63) is 35.9 Å². The summed E-state index contributed by atoms with van der Waals surface area (Å²) in [5, 5.41) is 6.72. The number of guanidine groups is 1. The van der Waals surface area contributed by atoms with Crippen LogP contribution in [0, 0.1) is 0 Å². The fraction of sp³-hybridized carbons (Fsp3) is 0.579. The second-order valence-electron chi connectivity index (χ2n) is 5.86. The maximum atomic E-state index is 11.1. The van der Waals surface area contributed by atoms with Gasteiger partial charge in [0.15, 0.2) is 5.96 Å². The highest BCUT2D eigenvalue weighted by molar-refractivity contribution is 5.80. The molecule has 5 heteroatoms. The lowest BCUT2D eigenvalue weighted by Crippen LogP contribution is -2.42. The number of carbonyl (C=O) groups excluding carboxylic acids is 1. The first-order valence-corrected chi connectivity index (χ1v) is 8.81. The molecule has 134 valence electrons. The number of carbonyl (C=O) groups is 1. The van der Waals surface area contributed by atoms with Crippen molar-refractivity contribution in [2.45, 2.75) is 52.0 Å². The summed E-state index contributed by atoms with van der Waals surface area (Å²) in [6, 6.07) is 10.9. The molecule has 24 heavy (non-hydrogen) atoms. The van der Waals surface area contributed by atoms with Crippen LogP contribution in [0.1, 0.15) is 45.1 Å². The molecule has 0 radical (unpaired) electrons. The second-order valence-corrected chi connectivity index (χ2v) is 5.86. The molecule has 5 nitrogen and oxygen atoms in total. The Labute approximate surface area is 145 Å². The van der Waals surface area contributed by atoms with Crippen LogP contribution in [0.3, 0.4) is 0 Å². The highest BCUT2D eigenvalue weighted by Gasteiger charge is 2.05. The van der Waals surface area contributed by atoms with Crippen LogP contribution in [0.25, 0.3) is 0 Å². The number of nitrogens with one attached hydrogen (secondary N) is 2. The summed E-state index contributed by atoms with van der Waals surface area (Å²) in [4.78, 5) is 15.6. The standard InChI is InChI=1S/C19H31N3O2/c1-4-20-19(21-15-9-8-12-18(23)24-3)22-16(2)13-14-17-10-6-5-7-11-17/h5-7,10-11,16H,4,8-9,12-15H2,1-3H3,(H2,20,21,22). The van der Waals surface area contributed by atoms with Gasteiger partial charge in [0.2, 0.25) is 0 Å². The van der Waals surface area contributed by atoms with Crippen LogP contribution < -0.4 is 10.6 Å². The highest BCUT2D eigenvalue weighted by atomic mass is 16.5. The molecule has 1 aromatic carbocycles. The summed E-state index contributed by atoms with van der Waals surface area (Å²) in [5.41, 5.74) is 1.36. The molecular formula is C19H31N3O2. The quantitative estimate of drug-likeness (QED) is 0.299. The van der Waals surface area contributed by atoms with Crippen molar-refractivity contribution in [1.29, 1.82) is 0 Å². The number of hydrogen-bond acceptors (Lipinski definition) is 3. The Kier molecular flexibility index (Phi) is 10.3. The van der Waals surface area contributed by atoms with Crippen LogP contribution in [0.4, 0.5) is 0 Å². The van der Waals surface area contributed by atoms with Crippen LogP contribution in [-0.2, 0) is 16.0 Å². The van der Waals surface area contributed by atoms with Crippen molar-refractivity contribution in [2.75, 3.05) is 20.2 Å². The van der Waals surface area contributed by atoms with Crippen LogP contribution in [0.5, 0.6) is 0 Å². The fourth-order valence-corrected chi connectivity index (χ4v) is 2.33. The maximum Gasteiger partial charge on any atom is 0.305 e. The zero-order valence-corrected chi connectivity index (χ0v) is 15.2. The van der Waals surface area contributed by atoms with Gasteiger partial charge >= 0.3 is 5.97 Å². The third kappa shape index (κ3) is 9.18. The predicted molar refractivity (Wildman–Crippen MR) is 99.2 cm³/mol. The molecule has 0 spiro atoms. The van der Waals surface area contributed by atoms with Gasteiger partial charge in [-0.15, -0.1) is 0 Å². The van der Waals surface area contributed by atoms with E-state index in [0.717, 1.165) is 38.2 Å². The number of esters is 1. The van der Waals surface area contributed by atoms with Crippen LogP contribution >= 0.6 is 0 Å². The third-order valence-electron chi connectivity index (χ3n) is 3.72. The lowest BCUT2D eigenvalue weighted by atomic mass is 10.1. The van der Waals surface area contributed by atoms with E-state index in [2.05, 4.69) is 58.5 Å². The smallest absolute Gasteiger partial charge is 0.305 e. The molecule has 0 aliphatic rings. The van der Waals surface area contributed by atoms with Gasteiger partial charge in [0.25, 0.3) is 0 Å². The van der Waals surface area contributed by atoms with E-state index in [9.17, 15) is 4.79 Å². The molecule has 2 N–H and O–H groups in total. The van der Waals surface area contributed by atoms with Crippen LogP contribution in [0.15, 0.2) is 35.3 Å². The average molecular weight is 333 g/mol. The molecule has 1 atom stereocenters. The molecule has 0 heterocycles. The topological polar surface area (TPSA) is 62.7 Å². The van der Waals surface area contributed by atoms with Gasteiger partial charge in [-0.2, -0.15) is 0 Å². The number of ether oxygens (including phenoxy) is 1. The minimum absolute atomic E-state index is 0.154. The predicted octanol–water partition coefficient (Wildman–Crippen LogP) is 2.91. The number of aryl methyl sites for hydroxylation is 1. The molecule has 0 amide bonds. The van der Waals surface area contributed by atoms with E-state index in [-0.39, 0.29) is 5.97 Å². The number of unbranched alkanes of at least 4 members (excludes halogenated alkanes) is 1. The van der Waals surface area contributed by atoms with E-state index in [0.29, 0.717) is 19.0 Å². The first-order chi connectivity index (χ1) is 11.7. The van der Waals surface area contributed by atoms with Gasteiger partial charge in [-0.05, 0) is 45.1 Å². The van der Waals surface area contributed by atoms with Crippen LogP contribution in [0.2, 0.25) is 0 Å². The number of aliphatic imine (C=N–C) groups is 1. The van der Waals surface area contributed by atoms with Crippen molar-refractivity contribution in [1.82, 2.24) is 10.6 Å². The van der Waals surface area contributed by atoms with Gasteiger partial charge in [-0.3, -0.25) is 9.79 Å². The first kappa shape index (κ1) is 20.0. The Morgan fingerprint density at radius 3 is 2.67 bits per heavy atom. The molecule has 1 aromatic rings. The van der Waals surface area contributed by atoms with Gasteiger partial charge in [0, 0.05) is 25.6 Å². The van der Waals surface area contributed by atoms with Crippen LogP contribution in [-0.4, -0.2) is 38.2 Å². The van der Waals surface area contributed by atoms with E-state index >= 15 is 0 Å². The second kappa shape index (κ2) is 12.4. The van der Waals surface area contributed by atoms with Crippen molar-refractivity contribution in [3.8, 4) is 0 Å². The van der Waals surface area contributed by atoms with Crippen molar-refractivity contribution < 1.29 is 9.53 Å². The molecule has 0 saturated carbocycles. The number of rotatable bonds is 10. The SMILES string of the molecule is CCNC(=NCCCCC(=O)OC)NC(C)CCc1ccccc1. The number of benzene rings is 1. The molecule has 0 aliphatic heterocycles. The number of methoxy groups -OCH3 is 1. The van der Waals surface area contributed by atoms with E-state index in [1.807, 2.05) is 6.07 Å².